The van der Waals surface area contributed by atoms with E-state index in [9.17, 15) is 4.79 Å². The molecule has 2 aliphatic rings. The van der Waals surface area contributed by atoms with Crippen LogP contribution in [-0.4, -0.2) is 15.7 Å². The first kappa shape index (κ1) is 13.3. The molecular formula is C18H19N3O. The van der Waals surface area contributed by atoms with E-state index in [2.05, 4.69) is 42.4 Å². The van der Waals surface area contributed by atoms with Gasteiger partial charge in [-0.3, -0.25) is 9.48 Å². The van der Waals surface area contributed by atoms with Crippen LogP contribution in [0.2, 0.25) is 0 Å². The predicted octanol–water partition coefficient (Wildman–Crippen LogP) is 2.84. The van der Waals surface area contributed by atoms with Crippen LogP contribution in [0.5, 0.6) is 0 Å². The van der Waals surface area contributed by atoms with Crippen LogP contribution >= 0.6 is 0 Å². The SMILES string of the molecule is CC1(c2ccccc2)C=Cc2c(C(N)=O)nn(C3CC3)c2C1. The molecule has 0 aliphatic heterocycles. The summed E-state index contributed by atoms with van der Waals surface area (Å²) < 4.78 is 2.04. The summed E-state index contributed by atoms with van der Waals surface area (Å²) in [6.45, 7) is 2.23. The fraction of sp³-hybridized carbons (Fsp3) is 0.333. The van der Waals surface area contributed by atoms with Crippen molar-refractivity contribution in [2.75, 3.05) is 0 Å². The first-order chi connectivity index (χ1) is 10.6. The summed E-state index contributed by atoms with van der Waals surface area (Å²) in [4.78, 5) is 11.7. The van der Waals surface area contributed by atoms with Gasteiger partial charge in [0.1, 0.15) is 0 Å². The van der Waals surface area contributed by atoms with Gasteiger partial charge in [0.05, 0.1) is 6.04 Å². The molecule has 0 radical (unpaired) electrons. The highest BCUT2D eigenvalue weighted by Gasteiger charge is 2.36. The molecule has 0 saturated heterocycles. The van der Waals surface area contributed by atoms with E-state index in [0.717, 1.165) is 30.5 Å². The molecule has 1 aromatic carbocycles. The van der Waals surface area contributed by atoms with E-state index in [-0.39, 0.29) is 5.41 Å². The molecule has 112 valence electrons. The molecule has 2 aliphatic carbocycles. The first-order valence-electron chi connectivity index (χ1n) is 7.74. The lowest BCUT2D eigenvalue weighted by Gasteiger charge is -2.30. The number of amides is 1. The average molecular weight is 293 g/mol. The Morgan fingerprint density at radius 1 is 1.32 bits per heavy atom. The third-order valence-electron chi connectivity index (χ3n) is 4.76. The van der Waals surface area contributed by atoms with Crippen LogP contribution in [-0.2, 0) is 11.8 Å². The number of allylic oxidation sites excluding steroid dienone is 1. The maximum absolute atomic E-state index is 11.7. The van der Waals surface area contributed by atoms with Crippen molar-refractivity contribution in [1.29, 1.82) is 0 Å². The zero-order valence-electron chi connectivity index (χ0n) is 12.6. The molecule has 2 aromatic rings. The van der Waals surface area contributed by atoms with Crippen molar-refractivity contribution in [2.24, 2.45) is 5.73 Å². The Morgan fingerprint density at radius 3 is 2.68 bits per heavy atom. The number of fused-ring (bicyclic) bond motifs is 1. The first-order valence-corrected chi connectivity index (χ1v) is 7.74. The minimum absolute atomic E-state index is 0.0736. The second kappa shape index (κ2) is 4.57. The monoisotopic (exact) mass is 293 g/mol. The molecule has 0 spiro atoms. The largest absolute Gasteiger partial charge is 0.364 e. The summed E-state index contributed by atoms with van der Waals surface area (Å²) in [5.41, 5.74) is 9.17. The van der Waals surface area contributed by atoms with Crippen molar-refractivity contribution in [3.05, 3.63) is 58.9 Å². The van der Waals surface area contributed by atoms with Gasteiger partial charge < -0.3 is 5.73 Å². The number of hydrogen-bond acceptors (Lipinski definition) is 2. The Bertz CT molecular complexity index is 771. The van der Waals surface area contributed by atoms with Crippen molar-refractivity contribution in [3.8, 4) is 0 Å². The summed E-state index contributed by atoms with van der Waals surface area (Å²) in [5.74, 6) is -0.441. The number of carbonyl (C=O) groups excluding carboxylic acids is 1. The van der Waals surface area contributed by atoms with Crippen molar-refractivity contribution in [1.82, 2.24) is 9.78 Å². The van der Waals surface area contributed by atoms with Crippen molar-refractivity contribution in [2.45, 2.75) is 37.6 Å². The van der Waals surface area contributed by atoms with Gasteiger partial charge in [-0.2, -0.15) is 5.10 Å². The smallest absolute Gasteiger partial charge is 0.269 e. The van der Waals surface area contributed by atoms with Gasteiger partial charge in [0.15, 0.2) is 5.69 Å². The molecule has 4 nitrogen and oxygen atoms in total. The van der Waals surface area contributed by atoms with E-state index in [1.54, 1.807) is 0 Å². The van der Waals surface area contributed by atoms with Gasteiger partial charge in [0.25, 0.3) is 5.91 Å². The van der Waals surface area contributed by atoms with Gasteiger partial charge in [-0.05, 0) is 18.4 Å². The highest BCUT2D eigenvalue weighted by Crippen LogP contribution is 2.42. The highest BCUT2D eigenvalue weighted by molar-refractivity contribution is 5.95. The molecule has 1 amide bonds. The summed E-state index contributed by atoms with van der Waals surface area (Å²) >= 11 is 0. The van der Waals surface area contributed by atoms with Crippen LogP contribution in [0, 0.1) is 0 Å². The molecule has 4 heteroatoms. The highest BCUT2D eigenvalue weighted by atomic mass is 16.1. The van der Waals surface area contributed by atoms with E-state index in [0.29, 0.717) is 11.7 Å². The fourth-order valence-corrected chi connectivity index (χ4v) is 3.33. The Balaban J connectivity index is 1.82. The molecule has 1 saturated carbocycles. The zero-order valence-corrected chi connectivity index (χ0v) is 12.6. The van der Waals surface area contributed by atoms with Crippen LogP contribution in [0.1, 0.15) is 53.1 Å². The number of hydrogen-bond donors (Lipinski definition) is 1. The average Bonchev–Trinajstić information content (AvgIpc) is 3.29. The molecule has 1 aromatic heterocycles. The Labute approximate surface area is 129 Å². The number of nitrogens with zero attached hydrogens (tertiary/aromatic N) is 2. The van der Waals surface area contributed by atoms with Gasteiger partial charge in [0, 0.05) is 23.1 Å². The van der Waals surface area contributed by atoms with Crippen molar-refractivity contribution in [3.63, 3.8) is 0 Å². The zero-order chi connectivity index (χ0) is 15.3. The minimum Gasteiger partial charge on any atom is -0.364 e. The summed E-state index contributed by atoms with van der Waals surface area (Å²) in [6, 6.07) is 10.9. The van der Waals surface area contributed by atoms with Gasteiger partial charge in [-0.1, -0.05) is 49.4 Å². The lowest BCUT2D eigenvalue weighted by molar-refractivity contribution is 0.0994. The Morgan fingerprint density at radius 2 is 2.05 bits per heavy atom. The molecule has 2 N–H and O–H groups in total. The van der Waals surface area contributed by atoms with Crippen molar-refractivity contribution >= 4 is 12.0 Å². The standard InChI is InChI=1S/C18H19N3O/c1-18(12-5-3-2-4-6-12)10-9-14-15(11-18)21(13-7-8-13)20-16(14)17(19)22/h2-6,9-10,13H,7-8,11H2,1H3,(H2,19,22). The van der Waals surface area contributed by atoms with Crippen LogP contribution < -0.4 is 5.73 Å². The second-order valence-electron chi connectivity index (χ2n) is 6.54. The maximum atomic E-state index is 11.7. The fourth-order valence-electron chi connectivity index (χ4n) is 3.33. The summed E-state index contributed by atoms with van der Waals surface area (Å²) in [7, 11) is 0. The number of rotatable bonds is 3. The summed E-state index contributed by atoms with van der Waals surface area (Å²) in [5, 5.41) is 4.50. The van der Waals surface area contributed by atoms with E-state index >= 15 is 0 Å². The summed E-state index contributed by atoms with van der Waals surface area (Å²) in [6.07, 6.45) is 7.32. The molecule has 1 fully saturated rings. The van der Waals surface area contributed by atoms with E-state index < -0.39 is 5.91 Å². The Hall–Kier alpha value is -2.36. The normalized spacial score (nSPS) is 23.3. The third kappa shape index (κ3) is 1.98. The predicted molar refractivity (Wildman–Crippen MR) is 85.5 cm³/mol. The van der Waals surface area contributed by atoms with Gasteiger partial charge in [-0.25, -0.2) is 0 Å². The molecule has 22 heavy (non-hydrogen) atoms. The number of aromatic nitrogens is 2. The minimum atomic E-state index is -0.441. The van der Waals surface area contributed by atoms with Crippen LogP contribution in [0.4, 0.5) is 0 Å². The molecule has 4 rings (SSSR count). The van der Waals surface area contributed by atoms with Gasteiger partial charge in [-0.15, -0.1) is 0 Å². The number of primary amides is 1. The Kier molecular flexibility index (Phi) is 2.76. The number of benzene rings is 1. The molecule has 1 heterocycles. The maximum Gasteiger partial charge on any atom is 0.269 e. The quantitative estimate of drug-likeness (QED) is 0.946. The van der Waals surface area contributed by atoms with E-state index in [1.807, 2.05) is 16.8 Å². The van der Waals surface area contributed by atoms with E-state index in [4.69, 9.17) is 5.73 Å². The molecule has 1 atom stereocenters. The number of nitrogens with two attached hydrogens (primary N) is 1. The van der Waals surface area contributed by atoms with Crippen molar-refractivity contribution < 1.29 is 4.79 Å². The number of carbonyl (C=O) groups is 1. The van der Waals surface area contributed by atoms with Crippen LogP contribution in [0.25, 0.3) is 6.08 Å². The molecule has 0 bridgehead atoms. The second-order valence-corrected chi connectivity index (χ2v) is 6.54. The molecule has 1 unspecified atom stereocenters. The lowest BCUT2D eigenvalue weighted by Crippen LogP contribution is -2.26. The van der Waals surface area contributed by atoms with Gasteiger partial charge in [0.2, 0.25) is 0 Å². The van der Waals surface area contributed by atoms with E-state index in [1.165, 1.54) is 5.56 Å². The van der Waals surface area contributed by atoms with Gasteiger partial charge >= 0.3 is 0 Å². The van der Waals surface area contributed by atoms with Crippen LogP contribution in [0.15, 0.2) is 36.4 Å². The molecular weight excluding hydrogens is 274 g/mol. The third-order valence-corrected chi connectivity index (χ3v) is 4.76. The van der Waals surface area contributed by atoms with Crippen LogP contribution in [0.3, 0.4) is 0 Å². The lowest BCUT2D eigenvalue weighted by atomic mass is 9.74. The topological polar surface area (TPSA) is 60.9 Å².